The standard InChI is InChI=1S/C12H16N2O4/c1-12(2,11(15)16)6-7-13-9-4-3-5-10(8-9)14(17)18/h3-5,8,13H,6-7H2,1-2H3,(H,15,16). The molecule has 0 unspecified atom stereocenters. The van der Waals surface area contributed by atoms with Crippen LogP contribution >= 0.6 is 0 Å². The quantitative estimate of drug-likeness (QED) is 0.599. The van der Waals surface area contributed by atoms with Crippen LogP contribution in [0.3, 0.4) is 0 Å². The Morgan fingerprint density at radius 3 is 2.72 bits per heavy atom. The summed E-state index contributed by atoms with van der Waals surface area (Å²) in [6.45, 7) is 3.73. The zero-order valence-corrected chi connectivity index (χ0v) is 10.3. The minimum atomic E-state index is -0.858. The molecule has 2 N–H and O–H groups in total. The summed E-state index contributed by atoms with van der Waals surface area (Å²) in [7, 11) is 0. The molecule has 0 aliphatic heterocycles. The molecule has 1 rings (SSSR count). The molecule has 0 spiro atoms. The molecule has 0 aliphatic carbocycles. The van der Waals surface area contributed by atoms with Crippen LogP contribution in [0.25, 0.3) is 0 Å². The molecule has 0 saturated carbocycles. The van der Waals surface area contributed by atoms with Gasteiger partial charge in [-0.2, -0.15) is 0 Å². The number of nitro groups is 1. The molecule has 0 saturated heterocycles. The zero-order chi connectivity index (χ0) is 13.8. The summed E-state index contributed by atoms with van der Waals surface area (Å²) in [5.74, 6) is -0.858. The summed E-state index contributed by atoms with van der Waals surface area (Å²) in [5, 5.41) is 22.5. The number of nitro benzene ring substituents is 1. The van der Waals surface area contributed by atoms with Gasteiger partial charge in [0.15, 0.2) is 0 Å². The SMILES string of the molecule is CC(C)(CCNc1cccc([N+](=O)[O-])c1)C(=O)O. The van der Waals surface area contributed by atoms with Crippen molar-refractivity contribution in [2.45, 2.75) is 20.3 Å². The van der Waals surface area contributed by atoms with E-state index in [1.807, 2.05) is 0 Å². The highest BCUT2D eigenvalue weighted by molar-refractivity contribution is 5.73. The van der Waals surface area contributed by atoms with Crippen molar-refractivity contribution in [1.82, 2.24) is 0 Å². The van der Waals surface area contributed by atoms with Gasteiger partial charge in [-0.25, -0.2) is 0 Å². The van der Waals surface area contributed by atoms with Crippen LogP contribution in [0, 0.1) is 15.5 Å². The van der Waals surface area contributed by atoms with Crippen LogP contribution in [-0.4, -0.2) is 22.5 Å². The lowest BCUT2D eigenvalue weighted by atomic mass is 9.90. The molecular weight excluding hydrogens is 236 g/mol. The number of hydrogen-bond acceptors (Lipinski definition) is 4. The van der Waals surface area contributed by atoms with Gasteiger partial charge in [0.1, 0.15) is 0 Å². The van der Waals surface area contributed by atoms with Gasteiger partial charge in [-0.1, -0.05) is 6.07 Å². The molecule has 0 radical (unpaired) electrons. The van der Waals surface area contributed by atoms with Crippen LogP contribution in [0.15, 0.2) is 24.3 Å². The Morgan fingerprint density at radius 2 is 2.17 bits per heavy atom. The van der Waals surface area contributed by atoms with E-state index in [9.17, 15) is 14.9 Å². The first-order valence-corrected chi connectivity index (χ1v) is 5.54. The smallest absolute Gasteiger partial charge is 0.309 e. The zero-order valence-electron chi connectivity index (χ0n) is 10.3. The number of rotatable bonds is 6. The number of hydrogen-bond donors (Lipinski definition) is 2. The summed E-state index contributed by atoms with van der Waals surface area (Å²) >= 11 is 0. The van der Waals surface area contributed by atoms with Crippen LogP contribution in [0.1, 0.15) is 20.3 Å². The Kier molecular flexibility index (Phi) is 4.25. The predicted octanol–water partition coefficient (Wildman–Crippen LogP) is 2.51. The van der Waals surface area contributed by atoms with E-state index in [-0.39, 0.29) is 5.69 Å². The Bertz CT molecular complexity index is 457. The highest BCUT2D eigenvalue weighted by atomic mass is 16.6. The third-order valence-electron chi connectivity index (χ3n) is 2.72. The van der Waals surface area contributed by atoms with E-state index in [0.717, 1.165) is 0 Å². The molecule has 0 atom stereocenters. The molecule has 6 heteroatoms. The van der Waals surface area contributed by atoms with E-state index in [4.69, 9.17) is 5.11 Å². The lowest BCUT2D eigenvalue weighted by molar-refractivity contribution is -0.384. The Hall–Kier alpha value is -2.11. The van der Waals surface area contributed by atoms with E-state index >= 15 is 0 Å². The number of non-ortho nitro benzene ring substituents is 1. The maximum Gasteiger partial charge on any atom is 0.309 e. The summed E-state index contributed by atoms with van der Waals surface area (Å²) < 4.78 is 0. The number of benzene rings is 1. The Balaban J connectivity index is 2.57. The maximum absolute atomic E-state index is 10.9. The monoisotopic (exact) mass is 252 g/mol. The van der Waals surface area contributed by atoms with Gasteiger partial charge >= 0.3 is 5.97 Å². The van der Waals surface area contributed by atoms with Gasteiger partial charge < -0.3 is 10.4 Å². The third-order valence-corrected chi connectivity index (χ3v) is 2.72. The van der Waals surface area contributed by atoms with Gasteiger partial charge in [-0.05, 0) is 26.3 Å². The number of anilines is 1. The van der Waals surface area contributed by atoms with Gasteiger partial charge in [-0.3, -0.25) is 14.9 Å². The van der Waals surface area contributed by atoms with E-state index in [1.165, 1.54) is 12.1 Å². The van der Waals surface area contributed by atoms with Crippen molar-refractivity contribution < 1.29 is 14.8 Å². The number of aliphatic carboxylic acids is 1. The van der Waals surface area contributed by atoms with Crippen molar-refractivity contribution in [3.05, 3.63) is 34.4 Å². The predicted molar refractivity (Wildman–Crippen MR) is 67.6 cm³/mol. The van der Waals surface area contributed by atoms with Crippen molar-refractivity contribution in [2.75, 3.05) is 11.9 Å². The summed E-state index contributed by atoms with van der Waals surface area (Å²) in [5.41, 5.74) is -0.184. The second-order valence-corrected chi connectivity index (χ2v) is 4.67. The van der Waals surface area contributed by atoms with Crippen LogP contribution in [0.5, 0.6) is 0 Å². The van der Waals surface area contributed by atoms with Crippen LogP contribution in [0.2, 0.25) is 0 Å². The Morgan fingerprint density at radius 1 is 1.50 bits per heavy atom. The molecule has 6 nitrogen and oxygen atoms in total. The van der Waals surface area contributed by atoms with Crippen LogP contribution in [0.4, 0.5) is 11.4 Å². The van der Waals surface area contributed by atoms with Crippen LogP contribution < -0.4 is 5.32 Å². The summed E-state index contributed by atoms with van der Waals surface area (Å²) in [4.78, 5) is 21.0. The number of nitrogens with zero attached hydrogens (tertiary/aromatic N) is 1. The summed E-state index contributed by atoms with van der Waals surface area (Å²) in [6, 6.07) is 6.13. The highest BCUT2D eigenvalue weighted by Crippen LogP contribution is 2.21. The van der Waals surface area contributed by atoms with Gasteiger partial charge in [0.05, 0.1) is 10.3 Å². The molecule has 0 aliphatic rings. The fourth-order valence-electron chi connectivity index (χ4n) is 1.36. The fraction of sp³-hybridized carbons (Fsp3) is 0.417. The molecule has 98 valence electrons. The van der Waals surface area contributed by atoms with Gasteiger partial charge in [0.25, 0.3) is 5.69 Å². The molecule has 0 bridgehead atoms. The number of carboxylic acids is 1. The molecular formula is C12H16N2O4. The molecule has 18 heavy (non-hydrogen) atoms. The van der Waals surface area contributed by atoms with Gasteiger partial charge in [-0.15, -0.1) is 0 Å². The average Bonchev–Trinajstić information content (AvgIpc) is 2.29. The molecule has 1 aromatic rings. The molecule has 0 amide bonds. The summed E-state index contributed by atoms with van der Waals surface area (Å²) in [6.07, 6.45) is 0.436. The largest absolute Gasteiger partial charge is 0.481 e. The van der Waals surface area contributed by atoms with E-state index < -0.39 is 16.3 Å². The second-order valence-electron chi connectivity index (χ2n) is 4.67. The number of carboxylic acid groups (broad SMARTS) is 1. The normalized spacial score (nSPS) is 11.0. The highest BCUT2D eigenvalue weighted by Gasteiger charge is 2.26. The minimum absolute atomic E-state index is 0.0116. The maximum atomic E-state index is 10.9. The lowest BCUT2D eigenvalue weighted by Crippen LogP contribution is -2.26. The first-order chi connectivity index (χ1) is 8.33. The van der Waals surface area contributed by atoms with E-state index in [2.05, 4.69) is 5.32 Å². The Labute approximate surface area is 105 Å². The third kappa shape index (κ3) is 3.73. The van der Waals surface area contributed by atoms with Crippen molar-refractivity contribution in [1.29, 1.82) is 0 Å². The van der Waals surface area contributed by atoms with Crippen LogP contribution in [-0.2, 0) is 4.79 Å². The van der Waals surface area contributed by atoms with E-state index in [0.29, 0.717) is 18.7 Å². The minimum Gasteiger partial charge on any atom is -0.481 e. The lowest BCUT2D eigenvalue weighted by Gasteiger charge is -2.19. The molecule has 0 heterocycles. The first-order valence-electron chi connectivity index (χ1n) is 5.54. The van der Waals surface area contributed by atoms with Crippen molar-refractivity contribution in [2.24, 2.45) is 5.41 Å². The second kappa shape index (κ2) is 5.48. The number of nitrogens with one attached hydrogen (secondary N) is 1. The molecule has 1 aromatic carbocycles. The van der Waals surface area contributed by atoms with Crippen molar-refractivity contribution in [3.8, 4) is 0 Å². The van der Waals surface area contributed by atoms with E-state index in [1.54, 1.807) is 26.0 Å². The average molecular weight is 252 g/mol. The van der Waals surface area contributed by atoms with Gasteiger partial charge in [0.2, 0.25) is 0 Å². The fourth-order valence-corrected chi connectivity index (χ4v) is 1.36. The number of carbonyl (C=O) groups is 1. The topological polar surface area (TPSA) is 92.5 Å². The first kappa shape index (κ1) is 14.0. The van der Waals surface area contributed by atoms with Crippen molar-refractivity contribution in [3.63, 3.8) is 0 Å². The van der Waals surface area contributed by atoms with Crippen molar-refractivity contribution >= 4 is 17.3 Å². The van der Waals surface area contributed by atoms with Gasteiger partial charge in [0, 0.05) is 24.4 Å². The molecule has 0 fully saturated rings. The molecule has 0 aromatic heterocycles.